The summed E-state index contributed by atoms with van der Waals surface area (Å²) >= 11 is 3.73. The summed E-state index contributed by atoms with van der Waals surface area (Å²) in [4.78, 5) is 2.59. The van der Waals surface area contributed by atoms with Gasteiger partial charge in [-0.05, 0) is 47.3 Å². The summed E-state index contributed by atoms with van der Waals surface area (Å²) < 4.78 is 6.59. The first kappa shape index (κ1) is 15.2. The smallest absolute Gasteiger partial charge is 0.121 e. The van der Waals surface area contributed by atoms with Crippen LogP contribution >= 0.6 is 15.9 Å². The van der Waals surface area contributed by atoms with Crippen molar-refractivity contribution >= 4 is 21.6 Å². The fraction of sp³-hybridized carbons (Fsp3) is 0.647. The lowest BCUT2D eigenvalue weighted by Gasteiger charge is -2.47. The van der Waals surface area contributed by atoms with Gasteiger partial charge in [0.15, 0.2) is 0 Å². The van der Waals surface area contributed by atoms with Crippen LogP contribution in [0.5, 0.6) is 5.75 Å². The highest BCUT2D eigenvalue weighted by atomic mass is 79.9. The molecule has 1 aromatic rings. The van der Waals surface area contributed by atoms with Crippen LogP contribution in [0.3, 0.4) is 0 Å². The van der Waals surface area contributed by atoms with Gasteiger partial charge in [-0.25, -0.2) is 0 Å². The van der Waals surface area contributed by atoms with Crippen molar-refractivity contribution in [1.29, 1.82) is 0 Å². The number of nitrogens with zero attached hydrogens (tertiary/aromatic N) is 1. The standard InChI is InChI=1S/C17H25BrN2O/c1-3-13-11-19-17(8-4-5-9-17)12-20(13)16-10-14(21-2)6-7-15(16)18/h6-7,10,13,19H,3-5,8-9,11-12H2,1-2H3. The SMILES string of the molecule is CCC1CNC2(CCCC2)CN1c1cc(OC)ccc1Br. The summed E-state index contributed by atoms with van der Waals surface area (Å²) in [6.45, 7) is 4.47. The van der Waals surface area contributed by atoms with E-state index in [4.69, 9.17) is 4.74 Å². The largest absolute Gasteiger partial charge is 0.497 e. The molecule has 1 aromatic carbocycles. The number of hydrogen-bond acceptors (Lipinski definition) is 3. The molecule has 1 N–H and O–H groups in total. The maximum absolute atomic E-state index is 5.42. The number of anilines is 1. The minimum atomic E-state index is 0.328. The maximum Gasteiger partial charge on any atom is 0.121 e. The van der Waals surface area contributed by atoms with Crippen molar-refractivity contribution in [2.75, 3.05) is 25.1 Å². The van der Waals surface area contributed by atoms with Crippen LogP contribution in [0.15, 0.2) is 22.7 Å². The molecule has 0 amide bonds. The minimum absolute atomic E-state index is 0.328. The molecule has 116 valence electrons. The van der Waals surface area contributed by atoms with Crippen LogP contribution in [0.1, 0.15) is 39.0 Å². The second-order valence-electron chi connectivity index (χ2n) is 6.38. The Balaban J connectivity index is 1.92. The van der Waals surface area contributed by atoms with Crippen molar-refractivity contribution < 1.29 is 4.74 Å². The van der Waals surface area contributed by atoms with Crippen LogP contribution in [-0.4, -0.2) is 31.8 Å². The highest BCUT2D eigenvalue weighted by Crippen LogP contribution is 2.39. The number of piperazine rings is 1. The molecule has 1 saturated carbocycles. The van der Waals surface area contributed by atoms with E-state index < -0.39 is 0 Å². The lowest BCUT2D eigenvalue weighted by Crippen LogP contribution is -2.63. The van der Waals surface area contributed by atoms with E-state index in [2.05, 4.69) is 45.2 Å². The Morgan fingerprint density at radius 1 is 1.38 bits per heavy atom. The average molecular weight is 353 g/mol. The van der Waals surface area contributed by atoms with E-state index in [1.165, 1.54) is 31.4 Å². The summed E-state index contributed by atoms with van der Waals surface area (Å²) in [6.07, 6.45) is 6.49. The molecular formula is C17H25BrN2O. The number of methoxy groups -OCH3 is 1. The van der Waals surface area contributed by atoms with Crippen molar-refractivity contribution in [2.24, 2.45) is 0 Å². The monoisotopic (exact) mass is 352 g/mol. The van der Waals surface area contributed by atoms with Gasteiger partial charge in [0.1, 0.15) is 5.75 Å². The van der Waals surface area contributed by atoms with Crippen LogP contribution in [0.2, 0.25) is 0 Å². The lowest BCUT2D eigenvalue weighted by molar-refractivity contribution is 0.267. The van der Waals surface area contributed by atoms with E-state index in [-0.39, 0.29) is 0 Å². The highest BCUT2D eigenvalue weighted by Gasteiger charge is 2.41. The highest BCUT2D eigenvalue weighted by molar-refractivity contribution is 9.10. The summed E-state index contributed by atoms with van der Waals surface area (Å²) in [5.41, 5.74) is 1.60. The molecule has 1 atom stereocenters. The summed E-state index contributed by atoms with van der Waals surface area (Å²) in [6, 6.07) is 6.84. The first-order chi connectivity index (χ1) is 10.2. The third kappa shape index (κ3) is 2.93. The van der Waals surface area contributed by atoms with Crippen LogP contribution in [0.4, 0.5) is 5.69 Å². The van der Waals surface area contributed by atoms with Gasteiger partial charge in [0.2, 0.25) is 0 Å². The van der Waals surface area contributed by atoms with Crippen LogP contribution in [0.25, 0.3) is 0 Å². The molecule has 3 rings (SSSR count). The molecule has 21 heavy (non-hydrogen) atoms. The Bertz CT molecular complexity index is 500. The summed E-state index contributed by atoms with van der Waals surface area (Å²) in [5.74, 6) is 0.932. The predicted molar refractivity (Wildman–Crippen MR) is 91.3 cm³/mol. The van der Waals surface area contributed by atoms with Gasteiger partial charge in [-0.3, -0.25) is 0 Å². The number of hydrogen-bond donors (Lipinski definition) is 1. The van der Waals surface area contributed by atoms with Gasteiger partial charge >= 0.3 is 0 Å². The Morgan fingerprint density at radius 3 is 2.81 bits per heavy atom. The molecule has 4 heteroatoms. The van der Waals surface area contributed by atoms with Crippen LogP contribution in [0, 0.1) is 0 Å². The average Bonchev–Trinajstić information content (AvgIpc) is 2.96. The van der Waals surface area contributed by atoms with Crippen molar-refractivity contribution in [3.05, 3.63) is 22.7 Å². The summed E-state index contributed by atoms with van der Waals surface area (Å²) in [5, 5.41) is 3.86. The molecule has 2 fully saturated rings. The van der Waals surface area contributed by atoms with E-state index >= 15 is 0 Å². The predicted octanol–water partition coefficient (Wildman–Crippen LogP) is 3.96. The number of halogens is 1. The van der Waals surface area contributed by atoms with E-state index in [1.807, 2.05) is 6.07 Å². The fourth-order valence-corrected chi connectivity index (χ4v) is 4.30. The topological polar surface area (TPSA) is 24.5 Å². The van der Waals surface area contributed by atoms with Gasteiger partial charge in [-0.1, -0.05) is 19.8 Å². The van der Waals surface area contributed by atoms with Gasteiger partial charge in [0.25, 0.3) is 0 Å². The third-order valence-electron chi connectivity index (χ3n) is 5.12. The Kier molecular flexibility index (Phi) is 4.46. The minimum Gasteiger partial charge on any atom is -0.497 e. The maximum atomic E-state index is 5.42. The van der Waals surface area contributed by atoms with Gasteiger partial charge < -0.3 is 15.0 Å². The van der Waals surface area contributed by atoms with Crippen molar-refractivity contribution in [1.82, 2.24) is 5.32 Å². The molecule has 1 aliphatic heterocycles. The van der Waals surface area contributed by atoms with Crippen LogP contribution in [-0.2, 0) is 0 Å². The number of nitrogens with one attached hydrogen (secondary N) is 1. The number of ether oxygens (including phenoxy) is 1. The molecule has 0 bridgehead atoms. The molecular weight excluding hydrogens is 328 g/mol. The number of benzene rings is 1. The molecule has 1 spiro atoms. The van der Waals surface area contributed by atoms with Gasteiger partial charge in [0.05, 0.1) is 12.8 Å². The van der Waals surface area contributed by atoms with Crippen molar-refractivity contribution in [2.45, 2.75) is 50.6 Å². The number of rotatable bonds is 3. The molecule has 0 aromatic heterocycles. The molecule has 1 unspecified atom stereocenters. The van der Waals surface area contributed by atoms with E-state index in [1.54, 1.807) is 7.11 Å². The van der Waals surface area contributed by atoms with E-state index in [0.717, 1.165) is 29.7 Å². The first-order valence-electron chi connectivity index (χ1n) is 8.03. The zero-order valence-electron chi connectivity index (χ0n) is 13.0. The normalized spacial score (nSPS) is 24.5. The Labute approximate surface area is 136 Å². The van der Waals surface area contributed by atoms with E-state index in [0.29, 0.717) is 11.6 Å². The molecule has 1 saturated heterocycles. The molecule has 2 aliphatic rings. The fourth-order valence-electron chi connectivity index (χ4n) is 3.83. The molecule has 1 heterocycles. The van der Waals surface area contributed by atoms with Gasteiger partial charge in [-0.15, -0.1) is 0 Å². The van der Waals surface area contributed by atoms with Crippen molar-refractivity contribution in [3.63, 3.8) is 0 Å². The summed E-state index contributed by atoms with van der Waals surface area (Å²) in [7, 11) is 1.74. The molecule has 3 nitrogen and oxygen atoms in total. The van der Waals surface area contributed by atoms with E-state index in [9.17, 15) is 0 Å². The third-order valence-corrected chi connectivity index (χ3v) is 5.79. The Morgan fingerprint density at radius 2 is 2.14 bits per heavy atom. The molecule has 1 aliphatic carbocycles. The van der Waals surface area contributed by atoms with Gasteiger partial charge in [-0.2, -0.15) is 0 Å². The lowest BCUT2D eigenvalue weighted by atomic mass is 9.91. The zero-order valence-corrected chi connectivity index (χ0v) is 14.6. The zero-order chi connectivity index (χ0) is 14.9. The van der Waals surface area contributed by atoms with Gasteiger partial charge in [0, 0.05) is 35.2 Å². The first-order valence-corrected chi connectivity index (χ1v) is 8.82. The van der Waals surface area contributed by atoms with Crippen LogP contribution < -0.4 is 15.0 Å². The second-order valence-corrected chi connectivity index (χ2v) is 7.23. The second kappa shape index (κ2) is 6.17. The quantitative estimate of drug-likeness (QED) is 0.890. The van der Waals surface area contributed by atoms with Crippen molar-refractivity contribution in [3.8, 4) is 5.75 Å². The molecule has 0 radical (unpaired) electrons. The Hall–Kier alpha value is -0.740.